The predicted octanol–water partition coefficient (Wildman–Crippen LogP) is 2.96. The molecule has 0 bridgehead atoms. The Labute approximate surface area is 140 Å². The van der Waals surface area contributed by atoms with Crippen LogP contribution in [0.15, 0.2) is 28.7 Å². The Kier molecular flexibility index (Phi) is 5.30. The first-order chi connectivity index (χ1) is 10.2. The lowest BCUT2D eigenvalue weighted by molar-refractivity contribution is -0.141. The highest BCUT2D eigenvalue weighted by atomic mass is 79.9. The molecule has 3 atom stereocenters. The summed E-state index contributed by atoms with van der Waals surface area (Å²) in [5.74, 6) is -1.22. The van der Waals surface area contributed by atoms with Crippen LogP contribution in [0.1, 0.15) is 32.3 Å². The minimum Gasteiger partial charge on any atom is -0.481 e. The van der Waals surface area contributed by atoms with Gasteiger partial charge in [-0.2, -0.15) is 0 Å². The van der Waals surface area contributed by atoms with Crippen molar-refractivity contribution in [1.29, 1.82) is 0 Å². The van der Waals surface area contributed by atoms with Crippen LogP contribution in [0, 0.1) is 11.3 Å². The summed E-state index contributed by atoms with van der Waals surface area (Å²) in [6, 6.07) is 7.85. The molecule has 0 radical (unpaired) electrons. The SMILES string of the molecule is CC(C)(C)C(O)CN1C[C@@H](C(=O)O)[C@H](c2ccc(Br)cc2)C1. The van der Waals surface area contributed by atoms with Crippen LogP contribution in [-0.4, -0.2) is 46.8 Å². The van der Waals surface area contributed by atoms with Gasteiger partial charge in [0.1, 0.15) is 0 Å². The van der Waals surface area contributed by atoms with E-state index < -0.39 is 18.0 Å². The fourth-order valence-corrected chi connectivity index (χ4v) is 3.12. The number of likely N-dealkylation sites (tertiary alicyclic amines) is 1. The first kappa shape index (κ1) is 17.4. The molecule has 5 heteroatoms. The highest BCUT2D eigenvalue weighted by molar-refractivity contribution is 9.10. The van der Waals surface area contributed by atoms with Gasteiger partial charge in [-0.3, -0.25) is 9.69 Å². The number of carboxylic acid groups (broad SMARTS) is 1. The molecule has 2 rings (SSSR count). The maximum absolute atomic E-state index is 11.6. The van der Waals surface area contributed by atoms with Crippen LogP contribution >= 0.6 is 15.9 Å². The summed E-state index contributed by atoms with van der Waals surface area (Å²) < 4.78 is 0.987. The van der Waals surface area contributed by atoms with E-state index in [1.807, 2.05) is 45.0 Å². The van der Waals surface area contributed by atoms with Gasteiger partial charge in [-0.25, -0.2) is 0 Å². The third-order valence-electron chi connectivity index (χ3n) is 4.44. The lowest BCUT2D eigenvalue weighted by Crippen LogP contribution is -2.38. The second-order valence-corrected chi connectivity index (χ2v) is 8.12. The third-order valence-corrected chi connectivity index (χ3v) is 4.97. The molecule has 1 aromatic carbocycles. The van der Waals surface area contributed by atoms with E-state index in [0.717, 1.165) is 10.0 Å². The van der Waals surface area contributed by atoms with Crippen LogP contribution in [-0.2, 0) is 4.79 Å². The third kappa shape index (κ3) is 4.09. The largest absolute Gasteiger partial charge is 0.481 e. The Morgan fingerprint density at radius 2 is 1.91 bits per heavy atom. The molecule has 0 spiro atoms. The Bertz CT molecular complexity index is 524. The summed E-state index contributed by atoms with van der Waals surface area (Å²) in [6.45, 7) is 7.66. The van der Waals surface area contributed by atoms with Crippen LogP contribution in [0.3, 0.4) is 0 Å². The average molecular weight is 370 g/mol. The van der Waals surface area contributed by atoms with E-state index in [9.17, 15) is 15.0 Å². The van der Waals surface area contributed by atoms with Gasteiger partial charge < -0.3 is 10.2 Å². The van der Waals surface area contributed by atoms with E-state index in [-0.39, 0.29) is 11.3 Å². The van der Waals surface area contributed by atoms with E-state index in [2.05, 4.69) is 20.8 Å². The summed E-state index contributed by atoms with van der Waals surface area (Å²) in [5, 5.41) is 19.8. The van der Waals surface area contributed by atoms with Crippen molar-refractivity contribution < 1.29 is 15.0 Å². The van der Waals surface area contributed by atoms with E-state index in [4.69, 9.17) is 0 Å². The molecule has 2 N–H and O–H groups in total. The average Bonchev–Trinajstić information content (AvgIpc) is 2.82. The van der Waals surface area contributed by atoms with Gasteiger partial charge in [-0.1, -0.05) is 48.8 Å². The molecule has 0 amide bonds. The van der Waals surface area contributed by atoms with Crippen LogP contribution in [0.2, 0.25) is 0 Å². The zero-order chi connectivity index (χ0) is 16.5. The molecule has 1 aliphatic heterocycles. The molecule has 1 unspecified atom stereocenters. The zero-order valence-electron chi connectivity index (χ0n) is 13.3. The first-order valence-corrected chi connectivity index (χ1v) is 8.36. The van der Waals surface area contributed by atoms with Gasteiger partial charge in [0, 0.05) is 30.0 Å². The summed E-state index contributed by atoms with van der Waals surface area (Å²) in [6.07, 6.45) is -0.467. The molecular formula is C17H24BrNO3. The minimum atomic E-state index is -0.763. The molecular weight excluding hydrogens is 346 g/mol. The summed E-state index contributed by atoms with van der Waals surface area (Å²) in [4.78, 5) is 13.7. The van der Waals surface area contributed by atoms with Crippen LogP contribution in [0.25, 0.3) is 0 Å². The predicted molar refractivity (Wildman–Crippen MR) is 89.9 cm³/mol. The van der Waals surface area contributed by atoms with Crippen LogP contribution in [0.5, 0.6) is 0 Å². The Hall–Kier alpha value is -0.910. The zero-order valence-corrected chi connectivity index (χ0v) is 14.9. The Balaban J connectivity index is 2.13. The molecule has 1 fully saturated rings. The van der Waals surface area contributed by atoms with E-state index in [1.165, 1.54) is 0 Å². The highest BCUT2D eigenvalue weighted by Crippen LogP contribution is 2.34. The maximum Gasteiger partial charge on any atom is 0.308 e. The second-order valence-electron chi connectivity index (χ2n) is 7.20. The normalized spacial score (nSPS) is 24.4. The van der Waals surface area contributed by atoms with Gasteiger partial charge in [0.2, 0.25) is 0 Å². The van der Waals surface area contributed by atoms with Gasteiger partial charge >= 0.3 is 5.97 Å². The minimum absolute atomic E-state index is 0.0298. The fourth-order valence-electron chi connectivity index (χ4n) is 2.85. The van der Waals surface area contributed by atoms with Crippen molar-refractivity contribution in [2.45, 2.75) is 32.8 Å². The monoisotopic (exact) mass is 369 g/mol. The van der Waals surface area contributed by atoms with Crippen molar-refractivity contribution >= 4 is 21.9 Å². The number of aliphatic hydroxyl groups excluding tert-OH is 1. The van der Waals surface area contributed by atoms with Crippen molar-refractivity contribution in [1.82, 2.24) is 4.90 Å². The topological polar surface area (TPSA) is 60.8 Å². The Morgan fingerprint density at radius 1 is 1.32 bits per heavy atom. The number of β-amino-alcohol motifs (C(OH)–C–C–N with tert-alkyl or cyclic N) is 1. The van der Waals surface area contributed by atoms with Crippen molar-refractivity contribution in [3.63, 3.8) is 0 Å². The number of aliphatic carboxylic acids is 1. The maximum atomic E-state index is 11.6. The molecule has 1 aliphatic rings. The van der Waals surface area contributed by atoms with Gasteiger partial charge in [0.25, 0.3) is 0 Å². The Morgan fingerprint density at radius 3 is 2.41 bits per heavy atom. The number of aliphatic hydroxyl groups is 1. The molecule has 0 aliphatic carbocycles. The molecule has 1 heterocycles. The van der Waals surface area contributed by atoms with Crippen molar-refractivity contribution in [2.24, 2.45) is 11.3 Å². The van der Waals surface area contributed by atoms with Gasteiger partial charge in [0.05, 0.1) is 12.0 Å². The molecule has 4 nitrogen and oxygen atoms in total. The number of benzene rings is 1. The summed E-state index contributed by atoms with van der Waals surface area (Å²) in [7, 11) is 0. The smallest absolute Gasteiger partial charge is 0.308 e. The summed E-state index contributed by atoms with van der Waals surface area (Å²) >= 11 is 3.40. The molecule has 122 valence electrons. The molecule has 1 saturated heterocycles. The number of hydrogen-bond acceptors (Lipinski definition) is 3. The van der Waals surface area contributed by atoms with E-state index >= 15 is 0 Å². The second kappa shape index (κ2) is 6.69. The van der Waals surface area contributed by atoms with E-state index in [0.29, 0.717) is 19.6 Å². The fraction of sp³-hybridized carbons (Fsp3) is 0.588. The van der Waals surface area contributed by atoms with Crippen molar-refractivity contribution in [2.75, 3.05) is 19.6 Å². The first-order valence-electron chi connectivity index (χ1n) is 7.57. The molecule has 1 aromatic rings. The lowest BCUT2D eigenvalue weighted by atomic mass is 9.89. The molecule has 0 saturated carbocycles. The number of hydrogen-bond donors (Lipinski definition) is 2. The number of carboxylic acids is 1. The van der Waals surface area contributed by atoms with Crippen LogP contribution < -0.4 is 0 Å². The summed E-state index contributed by atoms with van der Waals surface area (Å²) in [5.41, 5.74) is 0.845. The van der Waals surface area contributed by atoms with Gasteiger partial charge in [-0.15, -0.1) is 0 Å². The highest BCUT2D eigenvalue weighted by Gasteiger charge is 2.39. The quantitative estimate of drug-likeness (QED) is 0.856. The van der Waals surface area contributed by atoms with E-state index in [1.54, 1.807) is 0 Å². The molecule has 22 heavy (non-hydrogen) atoms. The number of rotatable bonds is 4. The van der Waals surface area contributed by atoms with Crippen molar-refractivity contribution in [3.8, 4) is 0 Å². The van der Waals surface area contributed by atoms with Crippen LogP contribution in [0.4, 0.5) is 0 Å². The van der Waals surface area contributed by atoms with Gasteiger partial charge in [-0.05, 0) is 23.1 Å². The number of halogens is 1. The van der Waals surface area contributed by atoms with Crippen molar-refractivity contribution in [3.05, 3.63) is 34.3 Å². The number of carbonyl (C=O) groups is 1. The van der Waals surface area contributed by atoms with Gasteiger partial charge in [0.15, 0.2) is 0 Å². The standard InChI is InChI=1S/C17H24BrNO3/c1-17(2,3)15(20)10-19-8-13(14(9-19)16(21)22)11-4-6-12(18)7-5-11/h4-7,13-15,20H,8-10H2,1-3H3,(H,21,22)/t13-,14+,15?/m0/s1. The lowest BCUT2D eigenvalue weighted by Gasteiger charge is -2.29. The molecule has 0 aromatic heterocycles. The number of nitrogens with zero attached hydrogens (tertiary/aromatic N) is 1.